The molecule has 1 saturated carbocycles. The summed E-state index contributed by atoms with van der Waals surface area (Å²) in [6.07, 6.45) is 4.77. The highest BCUT2D eigenvalue weighted by atomic mass is 32.1. The summed E-state index contributed by atoms with van der Waals surface area (Å²) in [7, 11) is 1.64. The van der Waals surface area contributed by atoms with Gasteiger partial charge in [-0.1, -0.05) is 24.7 Å². The number of anilines is 2. The zero-order chi connectivity index (χ0) is 15.3. The van der Waals surface area contributed by atoms with E-state index < -0.39 is 0 Å². The monoisotopic (exact) mass is 312 g/mol. The van der Waals surface area contributed by atoms with E-state index in [0.29, 0.717) is 28.6 Å². The molecule has 1 aromatic heterocycles. The van der Waals surface area contributed by atoms with Crippen LogP contribution in [-0.2, 0) is 4.74 Å². The van der Waals surface area contributed by atoms with Crippen molar-refractivity contribution >= 4 is 28.2 Å². The molecule has 4 N–H and O–H groups in total. The van der Waals surface area contributed by atoms with E-state index in [-0.39, 0.29) is 11.7 Å². The number of methoxy groups -OCH3 is 1. The van der Waals surface area contributed by atoms with Crippen molar-refractivity contribution < 1.29 is 9.53 Å². The van der Waals surface area contributed by atoms with Gasteiger partial charge in [-0.15, -0.1) is 0 Å². The number of nitrogens with zero attached hydrogens (tertiary/aromatic N) is 1. The second-order valence-electron chi connectivity index (χ2n) is 5.54. The fourth-order valence-electron chi connectivity index (χ4n) is 2.51. The van der Waals surface area contributed by atoms with E-state index in [4.69, 9.17) is 10.5 Å². The van der Waals surface area contributed by atoms with Crippen LogP contribution in [0.3, 0.4) is 0 Å². The Kier molecular flexibility index (Phi) is 5.41. The number of aromatic nitrogens is 1. The molecular weight excluding hydrogens is 288 g/mol. The van der Waals surface area contributed by atoms with Gasteiger partial charge in [-0.3, -0.25) is 4.79 Å². The first-order chi connectivity index (χ1) is 10.1. The van der Waals surface area contributed by atoms with Gasteiger partial charge < -0.3 is 21.1 Å². The van der Waals surface area contributed by atoms with Crippen LogP contribution in [0.15, 0.2) is 0 Å². The minimum Gasteiger partial charge on any atom is -0.383 e. The van der Waals surface area contributed by atoms with Gasteiger partial charge in [-0.2, -0.15) is 0 Å². The molecule has 1 aliphatic carbocycles. The maximum Gasteiger partial charge on any atom is 0.265 e. The van der Waals surface area contributed by atoms with E-state index in [1.807, 2.05) is 0 Å². The summed E-state index contributed by atoms with van der Waals surface area (Å²) in [5, 5.41) is 6.76. The fraction of sp³-hybridized carbons (Fsp3) is 0.714. The maximum atomic E-state index is 12.2. The van der Waals surface area contributed by atoms with E-state index in [0.717, 1.165) is 13.0 Å². The molecule has 1 amide bonds. The van der Waals surface area contributed by atoms with Gasteiger partial charge in [0.15, 0.2) is 5.13 Å². The number of ether oxygens (including phenoxy) is 1. The van der Waals surface area contributed by atoms with Crippen LogP contribution < -0.4 is 16.4 Å². The molecule has 0 spiro atoms. The molecule has 21 heavy (non-hydrogen) atoms. The Morgan fingerprint density at radius 2 is 2.29 bits per heavy atom. The van der Waals surface area contributed by atoms with Crippen LogP contribution in [0.1, 0.15) is 42.3 Å². The Balaban J connectivity index is 1.89. The smallest absolute Gasteiger partial charge is 0.265 e. The summed E-state index contributed by atoms with van der Waals surface area (Å²) in [5.74, 6) is 0.168. The number of carbonyl (C=O) groups is 1. The Hall–Kier alpha value is -1.34. The number of nitrogens with two attached hydrogens (primary N) is 1. The third-order valence-corrected chi connectivity index (χ3v) is 5.26. The molecule has 0 unspecified atom stereocenters. The first-order valence-electron chi connectivity index (χ1n) is 7.37. The van der Waals surface area contributed by atoms with Crippen molar-refractivity contribution in [2.75, 3.05) is 37.9 Å². The number of amides is 1. The zero-order valence-corrected chi connectivity index (χ0v) is 13.5. The predicted octanol–water partition coefficient (Wildman–Crippen LogP) is 2.09. The van der Waals surface area contributed by atoms with E-state index in [1.165, 1.54) is 30.6 Å². The molecule has 0 saturated heterocycles. The van der Waals surface area contributed by atoms with Crippen LogP contribution in [0.5, 0.6) is 0 Å². The van der Waals surface area contributed by atoms with Gasteiger partial charge in [0.1, 0.15) is 10.7 Å². The maximum absolute atomic E-state index is 12.2. The second-order valence-corrected chi connectivity index (χ2v) is 6.54. The van der Waals surface area contributed by atoms with Gasteiger partial charge in [-0.25, -0.2) is 4.98 Å². The number of carbonyl (C=O) groups excluding carboxylic acids is 1. The Labute approximate surface area is 129 Å². The summed E-state index contributed by atoms with van der Waals surface area (Å²) >= 11 is 1.29. The fourth-order valence-corrected chi connectivity index (χ4v) is 3.34. The summed E-state index contributed by atoms with van der Waals surface area (Å²) in [6, 6.07) is 0. The third kappa shape index (κ3) is 3.85. The standard InChI is InChI=1S/C14H24N4O2S/c1-3-14(5-4-6-14)9-17-12(19)10-11(15)18-13(21-10)16-7-8-20-2/h3-9,15H2,1-2H3,(H,16,18)(H,17,19). The van der Waals surface area contributed by atoms with Crippen molar-refractivity contribution in [2.24, 2.45) is 5.41 Å². The molecule has 1 aliphatic rings. The molecule has 0 radical (unpaired) electrons. The average molecular weight is 312 g/mol. The molecular formula is C14H24N4O2S. The van der Waals surface area contributed by atoms with Crippen LogP contribution >= 0.6 is 11.3 Å². The Morgan fingerprint density at radius 1 is 1.52 bits per heavy atom. The summed E-state index contributed by atoms with van der Waals surface area (Å²) in [6.45, 7) is 4.14. The number of hydrogen-bond acceptors (Lipinski definition) is 6. The normalized spacial score (nSPS) is 16.3. The molecule has 2 rings (SSSR count). The first-order valence-corrected chi connectivity index (χ1v) is 8.19. The molecule has 1 aromatic rings. The van der Waals surface area contributed by atoms with Crippen molar-refractivity contribution in [1.29, 1.82) is 0 Å². The van der Waals surface area contributed by atoms with Crippen LogP contribution in [0, 0.1) is 5.41 Å². The molecule has 1 fully saturated rings. The predicted molar refractivity (Wildman–Crippen MR) is 85.8 cm³/mol. The van der Waals surface area contributed by atoms with Crippen LogP contribution in [-0.4, -0.2) is 37.7 Å². The molecule has 118 valence electrons. The van der Waals surface area contributed by atoms with E-state index in [9.17, 15) is 4.79 Å². The summed E-state index contributed by atoms with van der Waals surface area (Å²) in [4.78, 5) is 16.9. The zero-order valence-electron chi connectivity index (χ0n) is 12.7. The quantitative estimate of drug-likeness (QED) is 0.640. The Morgan fingerprint density at radius 3 is 2.86 bits per heavy atom. The summed E-state index contributed by atoms with van der Waals surface area (Å²) < 4.78 is 4.96. The molecule has 0 atom stereocenters. The highest BCUT2D eigenvalue weighted by Gasteiger charge is 2.35. The highest BCUT2D eigenvalue weighted by molar-refractivity contribution is 7.18. The van der Waals surface area contributed by atoms with E-state index >= 15 is 0 Å². The lowest BCUT2D eigenvalue weighted by Crippen LogP contribution is -2.41. The van der Waals surface area contributed by atoms with Crippen molar-refractivity contribution in [3.63, 3.8) is 0 Å². The van der Waals surface area contributed by atoms with Gasteiger partial charge in [-0.05, 0) is 24.7 Å². The SMILES string of the molecule is CCC1(CNC(=O)c2sc(NCCOC)nc2N)CCC1. The van der Waals surface area contributed by atoms with Crippen molar-refractivity contribution in [2.45, 2.75) is 32.6 Å². The number of hydrogen-bond donors (Lipinski definition) is 3. The lowest BCUT2D eigenvalue weighted by molar-refractivity contribution is 0.0854. The summed E-state index contributed by atoms with van der Waals surface area (Å²) in [5.41, 5.74) is 6.13. The van der Waals surface area contributed by atoms with Crippen LogP contribution in [0.25, 0.3) is 0 Å². The highest BCUT2D eigenvalue weighted by Crippen LogP contribution is 2.43. The van der Waals surface area contributed by atoms with Crippen LogP contribution in [0.4, 0.5) is 10.9 Å². The number of nitrogen functional groups attached to an aromatic ring is 1. The minimum absolute atomic E-state index is 0.121. The third-order valence-electron chi connectivity index (χ3n) is 4.23. The van der Waals surface area contributed by atoms with E-state index in [1.54, 1.807) is 7.11 Å². The second kappa shape index (κ2) is 7.09. The van der Waals surface area contributed by atoms with Gasteiger partial charge in [0.25, 0.3) is 5.91 Å². The van der Waals surface area contributed by atoms with Gasteiger partial charge in [0, 0.05) is 20.2 Å². The molecule has 0 aromatic carbocycles. The molecule has 6 nitrogen and oxygen atoms in total. The average Bonchev–Trinajstić information content (AvgIpc) is 2.79. The molecule has 0 aliphatic heterocycles. The lowest BCUT2D eigenvalue weighted by Gasteiger charge is -2.41. The van der Waals surface area contributed by atoms with Gasteiger partial charge in [0.2, 0.25) is 0 Å². The lowest BCUT2D eigenvalue weighted by atomic mass is 9.67. The number of thiazole rings is 1. The number of nitrogens with one attached hydrogen (secondary N) is 2. The van der Waals surface area contributed by atoms with E-state index in [2.05, 4.69) is 22.5 Å². The van der Waals surface area contributed by atoms with Crippen molar-refractivity contribution in [1.82, 2.24) is 10.3 Å². The minimum atomic E-state index is -0.121. The Bertz CT molecular complexity index is 480. The van der Waals surface area contributed by atoms with Gasteiger partial charge >= 0.3 is 0 Å². The topological polar surface area (TPSA) is 89.3 Å². The molecule has 0 bridgehead atoms. The van der Waals surface area contributed by atoms with Crippen molar-refractivity contribution in [3.8, 4) is 0 Å². The molecule has 1 heterocycles. The van der Waals surface area contributed by atoms with Gasteiger partial charge in [0.05, 0.1) is 6.61 Å². The molecule has 7 heteroatoms. The van der Waals surface area contributed by atoms with Crippen LogP contribution in [0.2, 0.25) is 0 Å². The van der Waals surface area contributed by atoms with Crippen molar-refractivity contribution in [3.05, 3.63) is 4.88 Å². The number of rotatable bonds is 8. The first kappa shape index (κ1) is 16.0. The largest absolute Gasteiger partial charge is 0.383 e.